The van der Waals surface area contributed by atoms with Gasteiger partial charge in [-0.05, 0) is 57.4 Å². The Morgan fingerprint density at radius 2 is 1.83 bits per heavy atom. The van der Waals surface area contributed by atoms with Crippen molar-refractivity contribution in [3.05, 3.63) is 39.8 Å². The Morgan fingerprint density at radius 1 is 1.10 bits per heavy atom. The average molecular weight is 434 g/mol. The van der Waals surface area contributed by atoms with Gasteiger partial charge >= 0.3 is 5.97 Å². The Hall–Kier alpha value is -2.87. The molecule has 30 heavy (non-hydrogen) atoms. The third kappa shape index (κ3) is 5.60. The number of nitrogens with one attached hydrogen (secondary N) is 1. The summed E-state index contributed by atoms with van der Waals surface area (Å²) in [4.78, 5) is 37.2. The van der Waals surface area contributed by atoms with Crippen LogP contribution in [0.1, 0.15) is 58.3 Å². The first-order valence-electron chi connectivity index (χ1n) is 9.73. The lowest BCUT2D eigenvalue weighted by Gasteiger charge is -2.11. The molecule has 0 saturated heterocycles. The van der Waals surface area contributed by atoms with E-state index in [1.54, 1.807) is 21.0 Å². The molecule has 1 heterocycles. The fourth-order valence-electron chi connectivity index (χ4n) is 2.98. The van der Waals surface area contributed by atoms with Crippen LogP contribution in [0.5, 0.6) is 11.5 Å². The van der Waals surface area contributed by atoms with Gasteiger partial charge in [-0.1, -0.05) is 6.07 Å². The molecule has 1 aromatic carbocycles. The zero-order chi connectivity index (χ0) is 22.3. The van der Waals surface area contributed by atoms with Gasteiger partial charge in [-0.3, -0.25) is 9.59 Å². The largest absolute Gasteiger partial charge is 0.493 e. The number of anilines is 1. The van der Waals surface area contributed by atoms with Gasteiger partial charge in [0.2, 0.25) is 5.91 Å². The number of hydrogen-bond donors (Lipinski definition) is 1. The molecule has 8 heteroatoms. The number of amides is 1. The highest BCUT2D eigenvalue weighted by molar-refractivity contribution is 7.18. The predicted octanol–water partition coefficient (Wildman–Crippen LogP) is 4.41. The van der Waals surface area contributed by atoms with Crippen LogP contribution in [0, 0.1) is 6.92 Å². The van der Waals surface area contributed by atoms with Crippen LogP contribution in [0.15, 0.2) is 18.2 Å². The monoisotopic (exact) mass is 433 g/mol. The second kappa shape index (κ2) is 10.8. The number of Topliss-reactive ketones (excluding diaryl/α,β-unsaturated/α-hetero) is 1. The number of carbonyl (C=O) groups is 3. The Labute approximate surface area is 180 Å². The van der Waals surface area contributed by atoms with Crippen LogP contribution in [-0.4, -0.2) is 38.0 Å². The number of esters is 1. The number of methoxy groups -OCH3 is 1. The summed E-state index contributed by atoms with van der Waals surface area (Å²) in [6.07, 6.45) is 0.680. The number of benzene rings is 1. The summed E-state index contributed by atoms with van der Waals surface area (Å²) in [5.41, 5.74) is 1.68. The topological polar surface area (TPSA) is 90.9 Å². The second-order valence-electron chi connectivity index (χ2n) is 6.50. The third-order valence-corrected chi connectivity index (χ3v) is 5.68. The van der Waals surface area contributed by atoms with Gasteiger partial charge < -0.3 is 19.5 Å². The molecule has 0 aliphatic heterocycles. The van der Waals surface area contributed by atoms with Crippen LogP contribution in [0.4, 0.5) is 5.00 Å². The number of thiophene rings is 1. The predicted molar refractivity (Wildman–Crippen MR) is 116 cm³/mol. The van der Waals surface area contributed by atoms with Crippen molar-refractivity contribution in [1.29, 1.82) is 0 Å². The Kier molecular flexibility index (Phi) is 8.41. The number of ether oxygens (including phenoxy) is 3. The first kappa shape index (κ1) is 23.4. The molecule has 1 N–H and O–H groups in total. The van der Waals surface area contributed by atoms with E-state index in [-0.39, 0.29) is 30.3 Å². The van der Waals surface area contributed by atoms with E-state index >= 15 is 0 Å². The highest BCUT2D eigenvalue weighted by Crippen LogP contribution is 2.34. The lowest BCUT2D eigenvalue weighted by Crippen LogP contribution is -2.15. The summed E-state index contributed by atoms with van der Waals surface area (Å²) in [5.74, 6) is 0.289. The molecule has 0 bridgehead atoms. The minimum Gasteiger partial charge on any atom is -0.493 e. The standard InChI is InChI=1S/C22H27NO6S/c1-6-28-16-10-8-15(12-17(16)27-5)9-11-18(25)23-21-19(22(26)29-7-2)13(3)20(30-21)14(4)24/h8,10,12H,6-7,9,11H2,1-5H3,(H,23,25). The van der Waals surface area contributed by atoms with Crippen molar-refractivity contribution in [3.63, 3.8) is 0 Å². The highest BCUT2D eigenvalue weighted by Gasteiger charge is 2.25. The molecule has 162 valence electrons. The SMILES string of the molecule is CCOC(=O)c1c(NC(=O)CCc2ccc(OCC)c(OC)c2)sc(C(C)=O)c1C. The van der Waals surface area contributed by atoms with Crippen molar-refractivity contribution in [2.75, 3.05) is 25.6 Å². The van der Waals surface area contributed by atoms with Crippen molar-refractivity contribution in [2.45, 2.75) is 40.5 Å². The van der Waals surface area contributed by atoms with E-state index in [1.807, 2.05) is 25.1 Å². The highest BCUT2D eigenvalue weighted by atomic mass is 32.1. The minimum absolute atomic E-state index is 0.162. The van der Waals surface area contributed by atoms with Gasteiger partial charge in [-0.2, -0.15) is 0 Å². The van der Waals surface area contributed by atoms with E-state index in [2.05, 4.69) is 5.32 Å². The third-order valence-electron chi connectivity index (χ3n) is 4.37. The average Bonchev–Trinajstić information content (AvgIpc) is 3.03. The number of carbonyl (C=O) groups excluding carboxylic acids is 3. The van der Waals surface area contributed by atoms with Crippen molar-refractivity contribution in [2.24, 2.45) is 0 Å². The Bertz CT molecular complexity index is 934. The molecule has 2 aromatic rings. The molecule has 0 aliphatic carbocycles. The fourth-order valence-corrected chi connectivity index (χ4v) is 4.08. The van der Waals surface area contributed by atoms with Crippen LogP contribution < -0.4 is 14.8 Å². The summed E-state index contributed by atoms with van der Waals surface area (Å²) in [6.45, 7) is 7.45. The van der Waals surface area contributed by atoms with Gasteiger partial charge in [0, 0.05) is 6.42 Å². The van der Waals surface area contributed by atoms with Crippen molar-refractivity contribution >= 4 is 34.0 Å². The molecule has 2 rings (SSSR count). The quantitative estimate of drug-likeness (QED) is 0.441. The number of hydrogen-bond acceptors (Lipinski definition) is 7. The number of rotatable bonds is 10. The van der Waals surface area contributed by atoms with Gasteiger partial charge in [0.1, 0.15) is 5.00 Å². The molecule has 7 nitrogen and oxygen atoms in total. The molecule has 0 fully saturated rings. The normalized spacial score (nSPS) is 10.4. The van der Waals surface area contributed by atoms with Crippen molar-refractivity contribution < 1.29 is 28.6 Å². The van der Waals surface area contributed by atoms with E-state index in [4.69, 9.17) is 14.2 Å². The Morgan fingerprint density at radius 3 is 2.43 bits per heavy atom. The van der Waals surface area contributed by atoms with Crippen molar-refractivity contribution in [3.8, 4) is 11.5 Å². The molecule has 1 amide bonds. The summed E-state index contributed by atoms with van der Waals surface area (Å²) >= 11 is 1.09. The lowest BCUT2D eigenvalue weighted by molar-refractivity contribution is -0.116. The Balaban J connectivity index is 2.14. The smallest absolute Gasteiger partial charge is 0.341 e. The molecule has 1 aromatic heterocycles. The van der Waals surface area contributed by atoms with Crippen LogP contribution >= 0.6 is 11.3 Å². The van der Waals surface area contributed by atoms with Gasteiger partial charge in [0.15, 0.2) is 17.3 Å². The number of aryl methyl sites for hydroxylation is 1. The zero-order valence-corrected chi connectivity index (χ0v) is 18.7. The minimum atomic E-state index is -0.551. The van der Waals surface area contributed by atoms with Crippen LogP contribution in [-0.2, 0) is 16.0 Å². The maximum Gasteiger partial charge on any atom is 0.341 e. The number of ketones is 1. The summed E-state index contributed by atoms with van der Waals surface area (Å²) < 4.78 is 15.9. The van der Waals surface area contributed by atoms with Gasteiger partial charge in [-0.15, -0.1) is 11.3 Å². The van der Waals surface area contributed by atoms with E-state index in [1.165, 1.54) is 6.92 Å². The summed E-state index contributed by atoms with van der Waals surface area (Å²) in [5, 5.41) is 3.11. The van der Waals surface area contributed by atoms with Gasteiger partial charge in [-0.25, -0.2) is 4.79 Å². The van der Waals surface area contributed by atoms with E-state index in [0.29, 0.717) is 40.0 Å². The zero-order valence-electron chi connectivity index (χ0n) is 17.9. The molecule has 0 saturated carbocycles. The molecule has 0 atom stereocenters. The van der Waals surface area contributed by atoms with E-state index < -0.39 is 5.97 Å². The van der Waals surface area contributed by atoms with Crippen LogP contribution in [0.25, 0.3) is 0 Å². The molecular formula is C22H27NO6S. The molecule has 0 unspecified atom stereocenters. The van der Waals surface area contributed by atoms with Gasteiger partial charge in [0.05, 0.1) is 30.8 Å². The van der Waals surface area contributed by atoms with Crippen molar-refractivity contribution in [1.82, 2.24) is 0 Å². The maximum atomic E-state index is 12.5. The van der Waals surface area contributed by atoms with Crippen LogP contribution in [0.3, 0.4) is 0 Å². The molecule has 0 spiro atoms. The fraction of sp³-hybridized carbons (Fsp3) is 0.409. The van der Waals surface area contributed by atoms with Crippen LogP contribution in [0.2, 0.25) is 0 Å². The molecule has 0 aliphatic rings. The summed E-state index contributed by atoms with van der Waals surface area (Å²) in [7, 11) is 1.57. The summed E-state index contributed by atoms with van der Waals surface area (Å²) in [6, 6.07) is 5.54. The molecule has 0 radical (unpaired) electrons. The maximum absolute atomic E-state index is 12.5. The van der Waals surface area contributed by atoms with Gasteiger partial charge in [0.25, 0.3) is 0 Å². The first-order chi connectivity index (χ1) is 14.3. The lowest BCUT2D eigenvalue weighted by atomic mass is 10.1. The molecular weight excluding hydrogens is 406 g/mol. The van der Waals surface area contributed by atoms with E-state index in [0.717, 1.165) is 16.9 Å². The first-order valence-corrected chi connectivity index (χ1v) is 10.5. The second-order valence-corrected chi connectivity index (χ2v) is 7.52. The van der Waals surface area contributed by atoms with E-state index in [9.17, 15) is 14.4 Å².